The van der Waals surface area contributed by atoms with Crippen molar-refractivity contribution in [2.24, 2.45) is 0 Å². The summed E-state index contributed by atoms with van der Waals surface area (Å²) in [7, 11) is 0. The number of hydrogen-bond donors (Lipinski definition) is 0. The Kier molecular flexibility index (Phi) is 9.82. The van der Waals surface area contributed by atoms with Gasteiger partial charge in [0.15, 0.2) is 0 Å². The van der Waals surface area contributed by atoms with Gasteiger partial charge in [-0.3, -0.25) is 4.68 Å². The third kappa shape index (κ3) is 6.41. The summed E-state index contributed by atoms with van der Waals surface area (Å²) < 4.78 is 16.6. The van der Waals surface area contributed by atoms with Gasteiger partial charge in [0.05, 0.1) is 11.8 Å². The predicted octanol–water partition coefficient (Wildman–Crippen LogP) is 10.0. The van der Waals surface area contributed by atoms with E-state index in [0.717, 1.165) is 64.0 Å². The summed E-state index contributed by atoms with van der Waals surface area (Å²) in [6.07, 6.45) is 4.60. The number of benzene rings is 4. The largest absolute Gasteiger partial charge is 2.00 e. The molecular weight excluding hydrogens is 687 g/mol. The molecule has 0 aliphatic rings. The van der Waals surface area contributed by atoms with E-state index in [1.165, 1.54) is 22.4 Å². The second kappa shape index (κ2) is 14.2. The van der Waals surface area contributed by atoms with Gasteiger partial charge >= 0.3 is 20.4 Å². The van der Waals surface area contributed by atoms with E-state index >= 15 is 0 Å². The summed E-state index contributed by atoms with van der Waals surface area (Å²) in [4.78, 5) is 4.72. The first-order valence-electron chi connectivity index (χ1n) is 16.4. The molecule has 0 radical (unpaired) electrons. The van der Waals surface area contributed by atoms with Gasteiger partial charge in [-0.05, 0) is 62.4 Å². The van der Waals surface area contributed by atoms with E-state index in [1.807, 2.05) is 61.0 Å². The Morgan fingerprint density at radius 1 is 0.833 bits per heavy atom. The quantitative estimate of drug-likeness (QED) is 0.104. The zero-order valence-electron chi connectivity index (χ0n) is 27.9. The molecule has 0 fully saturated rings. The maximum atomic E-state index is 6.46. The Bertz CT molecular complexity index is 2200. The first kappa shape index (κ1) is 33.2. The second-order valence-electron chi connectivity index (χ2n) is 12.1. The third-order valence-corrected chi connectivity index (χ3v) is 8.29. The summed E-state index contributed by atoms with van der Waals surface area (Å²) >= 11 is 0. The number of aromatic nitrogens is 4. The van der Waals surface area contributed by atoms with E-state index in [-0.39, 0.29) is 26.5 Å². The maximum absolute atomic E-state index is 6.46. The molecule has 244 valence electrons. The van der Waals surface area contributed by atoms with Gasteiger partial charge in [0.25, 0.3) is 0 Å². The van der Waals surface area contributed by atoms with Crippen LogP contribution in [0.15, 0.2) is 97.2 Å². The van der Waals surface area contributed by atoms with Crippen LogP contribution in [0.3, 0.4) is 0 Å². The average Bonchev–Trinajstić information content (AvgIpc) is 3.60. The van der Waals surface area contributed by atoms with Crippen molar-refractivity contribution in [3.8, 4) is 39.9 Å². The number of fused-ring (bicyclic) bond motifs is 3. The average molecular weight is 725 g/mol. The van der Waals surface area contributed by atoms with Crippen molar-refractivity contribution in [2.75, 3.05) is 0 Å². The number of hydrogen-bond acceptors (Lipinski definition) is 4. The molecule has 0 aliphatic heterocycles. The molecule has 0 saturated carbocycles. The van der Waals surface area contributed by atoms with Crippen LogP contribution in [0.2, 0.25) is 0 Å². The van der Waals surface area contributed by atoms with Crippen molar-refractivity contribution in [3.05, 3.63) is 126 Å². The van der Waals surface area contributed by atoms with Crippen LogP contribution in [0, 0.1) is 19.1 Å². The molecule has 7 aromatic rings. The van der Waals surface area contributed by atoms with E-state index in [1.54, 1.807) is 6.20 Å². The molecular formula is C41H38N4O2Pd. The van der Waals surface area contributed by atoms with Gasteiger partial charge in [-0.25, -0.2) is 4.98 Å². The minimum Gasteiger partial charge on any atom is -0.509 e. The Morgan fingerprint density at radius 3 is 2.40 bits per heavy atom. The molecule has 3 heterocycles. The first-order valence-corrected chi connectivity index (χ1v) is 16.4. The second-order valence-corrected chi connectivity index (χ2v) is 12.1. The van der Waals surface area contributed by atoms with Gasteiger partial charge in [0.2, 0.25) is 0 Å². The molecule has 7 heteroatoms. The van der Waals surface area contributed by atoms with Crippen LogP contribution in [0.4, 0.5) is 0 Å². The first-order chi connectivity index (χ1) is 22.9. The Balaban J connectivity index is 0.00000401. The van der Waals surface area contributed by atoms with Crippen LogP contribution < -0.4 is 9.47 Å². The minimum absolute atomic E-state index is 0. The van der Waals surface area contributed by atoms with E-state index in [4.69, 9.17) is 19.6 Å². The molecule has 0 spiro atoms. The van der Waals surface area contributed by atoms with Crippen LogP contribution in [-0.4, -0.2) is 25.4 Å². The van der Waals surface area contributed by atoms with Crippen LogP contribution in [-0.2, 0) is 33.3 Å². The monoisotopic (exact) mass is 724 g/mol. The van der Waals surface area contributed by atoms with E-state index < -0.39 is 0 Å². The number of rotatable bonds is 10. The molecule has 0 amide bonds. The normalized spacial score (nSPS) is 11.3. The SMILES string of the molecule is CCCc1c(-c2ccc(C)cc2)c(CC)nn1-c1[c-]c(Oc2[c-]c3c(cc2)c2ccccc2n3-c2cc(OC(C)C)ccn2)ccc1.[Pd+2]. The molecule has 48 heavy (non-hydrogen) atoms. The molecule has 0 aliphatic carbocycles. The van der Waals surface area contributed by atoms with Crippen molar-refractivity contribution < 1.29 is 29.9 Å². The molecule has 6 nitrogen and oxygen atoms in total. The molecule has 0 bridgehead atoms. The van der Waals surface area contributed by atoms with E-state index in [0.29, 0.717) is 11.5 Å². The summed E-state index contributed by atoms with van der Waals surface area (Å²) in [5, 5.41) is 7.29. The summed E-state index contributed by atoms with van der Waals surface area (Å²) in [6.45, 7) is 10.5. The standard InChI is InChI=1S/C41H38N4O2.Pd/c1-6-11-38-41(29-18-16-28(5)17-19-29)36(7-2)43-45(38)30-12-10-13-31(24-30)47-32-20-21-35-34-14-8-9-15-37(34)44(39(35)25-32)40-26-33(22-23-42-40)46-27(3)4;/h8-10,12-23,26-27H,6-7,11H2,1-5H3;/q-2;+2. The number of pyridine rings is 1. The number of para-hydroxylation sites is 1. The summed E-state index contributed by atoms with van der Waals surface area (Å²) in [5.41, 5.74) is 8.70. The van der Waals surface area contributed by atoms with Crippen molar-refractivity contribution in [1.29, 1.82) is 0 Å². The Morgan fingerprint density at radius 2 is 1.62 bits per heavy atom. The molecule has 0 unspecified atom stereocenters. The van der Waals surface area contributed by atoms with Gasteiger partial charge in [0, 0.05) is 40.5 Å². The van der Waals surface area contributed by atoms with Gasteiger partial charge in [-0.15, -0.1) is 35.7 Å². The zero-order chi connectivity index (χ0) is 32.5. The van der Waals surface area contributed by atoms with Gasteiger partial charge in [-0.2, -0.15) is 17.2 Å². The van der Waals surface area contributed by atoms with Crippen LogP contribution in [0.5, 0.6) is 17.2 Å². The van der Waals surface area contributed by atoms with E-state index in [9.17, 15) is 0 Å². The van der Waals surface area contributed by atoms with Gasteiger partial charge < -0.3 is 14.0 Å². The molecule has 7 rings (SSSR count). The molecule has 0 saturated heterocycles. The zero-order valence-corrected chi connectivity index (χ0v) is 29.4. The minimum atomic E-state index is 0. The van der Waals surface area contributed by atoms with Gasteiger partial charge in [-0.1, -0.05) is 73.8 Å². The fraction of sp³-hybridized carbons (Fsp3) is 0.220. The molecule has 0 atom stereocenters. The Hall–Kier alpha value is -4.70. The van der Waals surface area contributed by atoms with Crippen molar-refractivity contribution >= 4 is 21.8 Å². The van der Waals surface area contributed by atoms with Crippen molar-refractivity contribution in [2.45, 2.75) is 60.0 Å². The predicted molar refractivity (Wildman–Crippen MR) is 189 cm³/mol. The van der Waals surface area contributed by atoms with Crippen LogP contribution in [0.1, 0.15) is 51.1 Å². The Labute approximate surface area is 296 Å². The molecule has 3 aromatic heterocycles. The molecule has 0 N–H and O–H groups in total. The summed E-state index contributed by atoms with van der Waals surface area (Å²) in [5.74, 6) is 2.72. The topological polar surface area (TPSA) is 54.1 Å². The smallest absolute Gasteiger partial charge is 0.509 e. The number of nitrogens with zero attached hydrogens (tertiary/aromatic N) is 4. The molecule has 4 aromatic carbocycles. The number of aryl methyl sites for hydroxylation is 2. The van der Waals surface area contributed by atoms with Gasteiger partial charge in [0.1, 0.15) is 11.6 Å². The van der Waals surface area contributed by atoms with Crippen molar-refractivity contribution in [3.63, 3.8) is 0 Å². The summed E-state index contributed by atoms with van der Waals surface area (Å²) in [6, 6.07) is 38.0. The third-order valence-electron chi connectivity index (χ3n) is 8.29. The van der Waals surface area contributed by atoms with Crippen LogP contribution in [0.25, 0.3) is 44.4 Å². The van der Waals surface area contributed by atoms with Crippen molar-refractivity contribution in [1.82, 2.24) is 19.3 Å². The van der Waals surface area contributed by atoms with Crippen LogP contribution >= 0.6 is 0 Å². The van der Waals surface area contributed by atoms with E-state index in [2.05, 4.69) is 86.0 Å². The maximum Gasteiger partial charge on any atom is 2.00 e. The fourth-order valence-electron chi connectivity index (χ4n) is 6.25. The number of ether oxygens (including phenoxy) is 2. The fourth-order valence-corrected chi connectivity index (χ4v) is 6.25.